The molecule has 0 radical (unpaired) electrons. The monoisotopic (exact) mass is 147 g/mol. The van der Waals surface area contributed by atoms with Crippen molar-refractivity contribution in [1.82, 2.24) is 0 Å². The lowest BCUT2D eigenvalue weighted by atomic mass is 9.96. The number of benzene rings is 1. The van der Waals surface area contributed by atoms with Crippen molar-refractivity contribution < 1.29 is 0 Å². The molecule has 1 aliphatic heterocycles. The van der Waals surface area contributed by atoms with E-state index in [9.17, 15) is 0 Å². The van der Waals surface area contributed by atoms with E-state index >= 15 is 0 Å². The molecule has 0 fully saturated rings. The first-order chi connectivity index (χ1) is 5.36. The minimum absolute atomic E-state index is 0.782. The van der Waals surface area contributed by atoms with Gasteiger partial charge in [0.1, 0.15) is 0 Å². The summed E-state index contributed by atoms with van der Waals surface area (Å²) in [7, 11) is 0. The average Bonchev–Trinajstić information content (AvgIpc) is 2.04. The quantitative estimate of drug-likeness (QED) is 0.593. The highest BCUT2D eigenvalue weighted by molar-refractivity contribution is 5.52. The lowest BCUT2D eigenvalue weighted by molar-refractivity contribution is 0.595. The van der Waals surface area contributed by atoms with Crippen LogP contribution in [-0.2, 0) is 6.42 Å². The Morgan fingerprint density at radius 3 is 3.09 bits per heavy atom. The highest BCUT2D eigenvalue weighted by atomic mass is 14.9. The van der Waals surface area contributed by atoms with Gasteiger partial charge in [-0.25, -0.2) is 0 Å². The van der Waals surface area contributed by atoms with Crippen molar-refractivity contribution in [2.24, 2.45) is 5.92 Å². The average molecular weight is 147 g/mol. The zero-order valence-electron chi connectivity index (χ0n) is 6.80. The minimum Gasteiger partial charge on any atom is -0.385 e. The predicted molar refractivity (Wildman–Crippen MR) is 47.8 cm³/mol. The van der Waals surface area contributed by atoms with E-state index in [1.807, 2.05) is 0 Å². The Hall–Kier alpha value is -0.980. The molecule has 0 spiro atoms. The van der Waals surface area contributed by atoms with Gasteiger partial charge in [0.05, 0.1) is 0 Å². The van der Waals surface area contributed by atoms with Crippen molar-refractivity contribution in [3.05, 3.63) is 29.8 Å². The molecule has 1 atom stereocenters. The molecule has 2 rings (SSSR count). The van der Waals surface area contributed by atoms with Gasteiger partial charge in [-0.3, -0.25) is 0 Å². The Kier molecular flexibility index (Phi) is 1.57. The Bertz CT molecular complexity index is 255. The molecule has 0 aromatic heterocycles. The van der Waals surface area contributed by atoms with Crippen molar-refractivity contribution in [2.45, 2.75) is 13.3 Å². The molecule has 0 aliphatic carbocycles. The number of fused-ring (bicyclic) bond motifs is 1. The molecular weight excluding hydrogens is 134 g/mol. The molecule has 1 heteroatoms. The van der Waals surface area contributed by atoms with Gasteiger partial charge in [0.15, 0.2) is 0 Å². The molecular formula is C10H13N. The van der Waals surface area contributed by atoms with Gasteiger partial charge in [-0.15, -0.1) is 0 Å². The van der Waals surface area contributed by atoms with Gasteiger partial charge < -0.3 is 5.32 Å². The fourth-order valence-corrected chi connectivity index (χ4v) is 1.60. The minimum atomic E-state index is 0.782. The number of anilines is 1. The summed E-state index contributed by atoms with van der Waals surface area (Å²) in [5.41, 5.74) is 2.79. The van der Waals surface area contributed by atoms with Crippen LogP contribution in [0, 0.1) is 5.92 Å². The molecule has 1 N–H and O–H groups in total. The Morgan fingerprint density at radius 1 is 1.36 bits per heavy atom. The molecule has 0 unspecified atom stereocenters. The maximum atomic E-state index is 3.41. The van der Waals surface area contributed by atoms with Crippen molar-refractivity contribution in [2.75, 3.05) is 11.9 Å². The third kappa shape index (κ3) is 1.23. The molecule has 0 bridgehead atoms. The molecule has 1 aromatic carbocycles. The summed E-state index contributed by atoms with van der Waals surface area (Å²) in [6.45, 7) is 3.40. The largest absolute Gasteiger partial charge is 0.385 e. The number of hydrogen-bond acceptors (Lipinski definition) is 1. The molecule has 0 saturated carbocycles. The lowest BCUT2D eigenvalue weighted by Gasteiger charge is -2.22. The third-order valence-corrected chi connectivity index (χ3v) is 2.23. The molecule has 1 nitrogen and oxygen atoms in total. The van der Waals surface area contributed by atoms with E-state index in [2.05, 4.69) is 36.5 Å². The van der Waals surface area contributed by atoms with Crippen LogP contribution in [0.15, 0.2) is 24.3 Å². The first-order valence-electron chi connectivity index (χ1n) is 4.18. The van der Waals surface area contributed by atoms with E-state index in [1.165, 1.54) is 17.7 Å². The van der Waals surface area contributed by atoms with Gasteiger partial charge >= 0.3 is 0 Å². The molecule has 11 heavy (non-hydrogen) atoms. The molecule has 58 valence electrons. The van der Waals surface area contributed by atoms with Gasteiger partial charge in [-0.2, -0.15) is 0 Å². The van der Waals surface area contributed by atoms with E-state index < -0.39 is 0 Å². The van der Waals surface area contributed by atoms with Crippen LogP contribution in [0.5, 0.6) is 0 Å². The normalized spacial score (nSPS) is 22.1. The van der Waals surface area contributed by atoms with Crippen molar-refractivity contribution in [3.63, 3.8) is 0 Å². The summed E-state index contributed by atoms with van der Waals surface area (Å²) in [5.74, 6) is 0.782. The van der Waals surface area contributed by atoms with Crippen molar-refractivity contribution in [1.29, 1.82) is 0 Å². The Labute approximate surface area is 67.4 Å². The number of para-hydroxylation sites is 1. The molecule has 0 saturated heterocycles. The standard InChI is InChI=1S/C10H13N/c1-8-6-9-4-2-3-5-10(9)11-7-8/h2-5,8,11H,6-7H2,1H3/t8-/m0/s1. The fourth-order valence-electron chi connectivity index (χ4n) is 1.60. The van der Waals surface area contributed by atoms with Crippen molar-refractivity contribution in [3.8, 4) is 0 Å². The summed E-state index contributed by atoms with van der Waals surface area (Å²) in [4.78, 5) is 0. The third-order valence-electron chi connectivity index (χ3n) is 2.23. The van der Waals surface area contributed by atoms with Gasteiger partial charge in [-0.1, -0.05) is 25.1 Å². The summed E-state index contributed by atoms with van der Waals surface area (Å²) in [6.07, 6.45) is 1.23. The lowest BCUT2D eigenvalue weighted by Crippen LogP contribution is -2.20. The van der Waals surface area contributed by atoms with E-state index in [1.54, 1.807) is 0 Å². The van der Waals surface area contributed by atoms with Crippen LogP contribution in [0.3, 0.4) is 0 Å². The highest BCUT2D eigenvalue weighted by Gasteiger charge is 2.12. The van der Waals surface area contributed by atoms with E-state index in [0.29, 0.717) is 0 Å². The van der Waals surface area contributed by atoms with E-state index in [4.69, 9.17) is 0 Å². The van der Waals surface area contributed by atoms with Crippen LogP contribution in [0.4, 0.5) is 5.69 Å². The van der Waals surface area contributed by atoms with Crippen LogP contribution >= 0.6 is 0 Å². The van der Waals surface area contributed by atoms with Crippen molar-refractivity contribution >= 4 is 5.69 Å². The number of hydrogen-bond donors (Lipinski definition) is 1. The highest BCUT2D eigenvalue weighted by Crippen LogP contribution is 2.23. The topological polar surface area (TPSA) is 12.0 Å². The zero-order chi connectivity index (χ0) is 7.68. The Balaban J connectivity index is 2.34. The second-order valence-corrected chi connectivity index (χ2v) is 3.35. The number of rotatable bonds is 0. The maximum absolute atomic E-state index is 3.41. The van der Waals surface area contributed by atoms with Gasteiger partial charge in [-0.05, 0) is 24.0 Å². The SMILES string of the molecule is C[C@@H]1CNc2ccccc2C1. The van der Waals surface area contributed by atoms with Crippen LogP contribution in [0.1, 0.15) is 12.5 Å². The molecule has 0 amide bonds. The smallest absolute Gasteiger partial charge is 0.0372 e. The van der Waals surface area contributed by atoms with Crippen LogP contribution < -0.4 is 5.32 Å². The summed E-state index contributed by atoms with van der Waals surface area (Å²) in [5, 5.41) is 3.41. The number of nitrogens with one attached hydrogen (secondary N) is 1. The van der Waals surface area contributed by atoms with Gasteiger partial charge in [0.2, 0.25) is 0 Å². The molecule has 1 aromatic rings. The second kappa shape index (κ2) is 2.57. The van der Waals surface area contributed by atoms with Crippen LogP contribution in [0.2, 0.25) is 0 Å². The maximum Gasteiger partial charge on any atom is 0.0372 e. The zero-order valence-corrected chi connectivity index (χ0v) is 6.80. The molecule has 1 heterocycles. The van der Waals surface area contributed by atoms with E-state index in [-0.39, 0.29) is 0 Å². The summed E-state index contributed by atoms with van der Waals surface area (Å²) >= 11 is 0. The van der Waals surface area contributed by atoms with Gasteiger partial charge in [0, 0.05) is 12.2 Å². The molecule has 1 aliphatic rings. The van der Waals surface area contributed by atoms with E-state index in [0.717, 1.165) is 12.5 Å². The Morgan fingerprint density at radius 2 is 2.18 bits per heavy atom. The second-order valence-electron chi connectivity index (χ2n) is 3.35. The van der Waals surface area contributed by atoms with Crippen LogP contribution in [-0.4, -0.2) is 6.54 Å². The predicted octanol–water partition coefficient (Wildman–Crippen LogP) is 2.29. The fraction of sp³-hybridized carbons (Fsp3) is 0.400. The first kappa shape index (κ1) is 6.71. The van der Waals surface area contributed by atoms with Gasteiger partial charge in [0.25, 0.3) is 0 Å². The summed E-state index contributed by atoms with van der Waals surface area (Å²) in [6, 6.07) is 8.56. The van der Waals surface area contributed by atoms with Crippen LogP contribution in [0.25, 0.3) is 0 Å². The summed E-state index contributed by atoms with van der Waals surface area (Å²) < 4.78 is 0. The first-order valence-corrected chi connectivity index (χ1v) is 4.18.